The van der Waals surface area contributed by atoms with Crippen LogP contribution in [0.2, 0.25) is 0 Å². The molecule has 0 aromatic heterocycles. The van der Waals surface area contributed by atoms with Gasteiger partial charge in [0, 0.05) is 0 Å². The molecule has 12 heavy (non-hydrogen) atoms. The summed E-state index contributed by atoms with van der Waals surface area (Å²) in [7, 11) is -4.49. The standard InChI is InChI=1S/C8H17O3P/c1-7(2)5-12(9,10,11)6-8(3)4/h9-11H,1,3,5-6H2,2,4H3. The Morgan fingerprint density at radius 2 is 1.25 bits per heavy atom. The second-order valence-electron chi connectivity index (χ2n) is 3.57. The molecule has 3 nitrogen and oxygen atoms in total. The van der Waals surface area contributed by atoms with Crippen LogP contribution in [0.1, 0.15) is 13.8 Å². The monoisotopic (exact) mass is 192 g/mol. The summed E-state index contributed by atoms with van der Waals surface area (Å²) in [5.41, 5.74) is 1.11. The van der Waals surface area contributed by atoms with Crippen LogP contribution < -0.4 is 0 Å². The molecule has 72 valence electrons. The molecule has 0 saturated carbocycles. The van der Waals surface area contributed by atoms with Crippen LogP contribution >= 0.6 is 7.28 Å². The summed E-state index contributed by atoms with van der Waals surface area (Å²) >= 11 is 0. The summed E-state index contributed by atoms with van der Waals surface area (Å²) in [6.45, 7) is 10.3. The van der Waals surface area contributed by atoms with E-state index in [2.05, 4.69) is 13.2 Å². The van der Waals surface area contributed by atoms with Gasteiger partial charge in [0.05, 0.1) is 0 Å². The molecule has 0 amide bonds. The second kappa shape index (κ2) is 3.27. The number of hydrogen-bond donors (Lipinski definition) is 3. The van der Waals surface area contributed by atoms with Crippen molar-refractivity contribution < 1.29 is 14.7 Å². The summed E-state index contributed by atoms with van der Waals surface area (Å²) in [6, 6.07) is 0. The molecule has 0 spiro atoms. The first kappa shape index (κ1) is 11.8. The van der Waals surface area contributed by atoms with E-state index in [4.69, 9.17) is 0 Å². The van der Waals surface area contributed by atoms with E-state index in [-0.39, 0.29) is 12.3 Å². The zero-order valence-corrected chi connectivity index (χ0v) is 8.51. The Labute approximate surface area is 73.2 Å². The Balaban J connectivity index is 4.49. The maximum absolute atomic E-state index is 9.44. The minimum absolute atomic E-state index is 0.140. The van der Waals surface area contributed by atoms with Gasteiger partial charge in [-0.2, -0.15) is 0 Å². The van der Waals surface area contributed by atoms with Gasteiger partial charge in [0.15, 0.2) is 0 Å². The van der Waals surface area contributed by atoms with Crippen LogP contribution in [0, 0.1) is 0 Å². The van der Waals surface area contributed by atoms with E-state index in [0.717, 1.165) is 0 Å². The summed E-state index contributed by atoms with van der Waals surface area (Å²) in [6.07, 6.45) is -0.281. The van der Waals surface area contributed by atoms with E-state index in [1.54, 1.807) is 13.8 Å². The molecule has 0 atom stereocenters. The molecular weight excluding hydrogens is 175 g/mol. The summed E-state index contributed by atoms with van der Waals surface area (Å²) in [5.74, 6) is 0. The van der Waals surface area contributed by atoms with Gasteiger partial charge in [-0.1, -0.05) is 0 Å². The van der Waals surface area contributed by atoms with Crippen molar-refractivity contribution in [2.75, 3.05) is 12.3 Å². The average molecular weight is 192 g/mol. The predicted octanol–water partition coefficient (Wildman–Crippen LogP) is 1.41. The van der Waals surface area contributed by atoms with Gasteiger partial charge in [-0.3, -0.25) is 0 Å². The normalized spacial score (nSPS) is 14.9. The van der Waals surface area contributed by atoms with Crippen molar-refractivity contribution in [1.82, 2.24) is 0 Å². The molecule has 0 heterocycles. The molecular formula is C8H17O3P. The molecule has 0 aliphatic heterocycles. The van der Waals surface area contributed by atoms with Gasteiger partial charge in [0.25, 0.3) is 0 Å². The summed E-state index contributed by atoms with van der Waals surface area (Å²) in [4.78, 5) is 28.3. The quantitative estimate of drug-likeness (QED) is 0.466. The van der Waals surface area contributed by atoms with Crippen molar-refractivity contribution in [2.45, 2.75) is 13.8 Å². The molecule has 0 bridgehead atoms. The van der Waals surface area contributed by atoms with Crippen molar-refractivity contribution in [2.24, 2.45) is 0 Å². The Hall–Kier alpha value is -0.210. The van der Waals surface area contributed by atoms with E-state index in [1.165, 1.54) is 0 Å². The average Bonchev–Trinajstić information content (AvgIpc) is 1.49. The van der Waals surface area contributed by atoms with Crippen molar-refractivity contribution in [3.8, 4) is 0 Å². The fraction of sp³-hybridized carbons (Fsp3) is 0.500. The molecule has 0 fully saturated rings. The fourth-order valence-electron chi connectivity index (χ4n) is 1.16. The number of hydrogen-bond acceptors (Lipinski definition) is 3. The van der Waals surface area contributed by atoms with Crippen LogP contribution in [0.4, 0.5) is 0 Å². The minimum atomic E-state index is -4.49. The molecule has 0 unspecified atom stereocenters. The van der Waals surface area contributed by atoms with Crippen LogP contribution in [-0.2, 0) is 0 Å². The zero-order valence-electron chi connectivity index (χ0n) is 7.62. The number of rotatable bonds is 4. The van der Waals surface area contributed by atoms with Crippen molar-refractivity contribution >= 4 is 7.28 Å². The predicted molar refractivity (Wildman–Crippen MR) is 52.9 cm³/mol. The van der Waals surface area contributed by atoms with E-state index in [9.17, 15) is 14.7 Å². The third-order valence-corrected chi connectivity index (χ3v) is 3.56. The molecule has 0 rings (SSSR count). The van der Waals surface area contributed by atoms with Gasteiger partial charge in [-0.05, 0) is 0 Å². The van der Waals surface area contributed by atoms with Gasteiger partial charge < -0.3 is 0 Å². The van der Waals surface area contributed by atoms with Crippen LogP contribution in [0.15, 0.2) is 24.3 Å². The van der Waals surface area contributed by atoms with E-state index >= 15 is 0 Å². The molecule has 0 aliphatic rings. The Morgan fingerprint density at radius 3 is 1.42 bits per heavy atom. The van der Waals surface area contributed by atoms with Crippen LogP contribution in [0.5, 0.6) is 0 Å². The Morgan fingerprint density at radius 1 is 1.00 bits per heavy atom. The third-order valence-electron chi connectivity index (χ3n) is 1.19. The maximum atomic E-state index is 9.44. The third kappa shape index (κ3) is 5.44. The molecule has 4 heteroatoms. The van der Waals surface area contributed by atoms with Gasteiger partial charge >= 0.3 is 72.4 Å². The van der Waals surface area contributed by atoms with Crippen molar-refractivity contribution in [1.29, 1.82) is 0 Å². The first-order chi connectivity index (χ1) is 5.10. The molecule has 0 aromatic carbocycles. The molecule has 0 aromatic rings. The van der Waals surface area contributed by atoms with Gasteiger partial charge in [0.2, 0.25) is 0 Å². The summed E-state index contributed by atoms with van der Waals surface area (Å²) < 4.78 is 0. The van der Waals surface area contributed by atoms with Gasteiger partial charge in [-0.25, -0.2) is 0 Å². The van der Waals surface area contributed by atoms with E-state index < -0.39 is 7.28 Å². The fourth-order valence-corrected chi connectivity index (χ4v) is 3.49. The molecule has 0 aliphatic carbocycles. The Bertz CT molecular complexity index is 192. The van der Waals surface area contributed by atoms with Crippen LogP contribution in [-0.4, -0.2) is 27.0 Å². The van der Waals surface area contributed by atoms with Crippen molar-refractivity contribution in [3.05, 3.63) is 24.3 Å². The number of allylic oxidation sites excluding steroid dienone is 2. The topological polar surface area (TPSA) is 60.7 Å². The van der Waals surface area contributed by atoms with Gasteiger partial charge in [0.1, 0.15) is 0 Å². The SMILES string of the molecule is C=C(C)CP(O)(O)(O)CC(=C)C. The van der Waals surface area contributed by atoms with Crippen molar-refractivity contribution in [3.63, 3.8) is 0 Å². The summed E-state index contributed by atoms with van der Waals surface area (Å²) in [5, 5.41) is 0. The Kier molecular flexibility index (Phi) is 3.21. The second-order valence-corrected chi connectivity index (χ2v) is 6.88. The first-order valence-electron chi connectivity index (χ1n) is 3.65. The molecule has 0 saturated heterocycles. The first-order valence-corrected chi connectivity index (χ1v) is 6.11. The molecule has 0 radical (unpaired) electrons. The van der Waals surface area contributed by atoms with Crippen LogP contribution in [0.25, 0.3) is 0 Å². The van der Waals surface area contributed by atoms with E-state index in [0.29, 0.717) is 11.1 Å². The van der Waals surface area contributed by atoms with Gasteiger partial charge in [-0.15, -0.1) is 0 Å². The zero-order chi connectivity index (χ0) is 10.0. The van der Waals surface area contributed by atoms with E-state index in [1.807, 2.05) is 0 Å². The van der Waals surface area contributed by atoms with Crippen LogP contribution in [0.3, 0.4) is 0 Å². The molecule has 3 N–H and O–H groups in total.